The Kier molecular flexibility index (Phi) is 3.33. The molecule has 0 N–H and O–H groups in total. The maximum absolute atomic E-state index is 5.92. The molecule has 2 bridgehead atoms. The third kappa shape index (κ3) is 2.47. The molecule has 3 rings (SSSR count). The standard InChI is InChI=1S/C13H17ClN2S/c1-16-9-5-6-10(16)8-11(7-9)17-13-4-2-3-12(14)15-13/h2-4,9-11H,5-8H2,1H3/t9-,10-/m0/s1. The van der Waals surface area contributed by atoms with Crippen molar-refractivity contribution in [3.63, 3.8) is 0 Å². The van der Waals surface area contributed by atoms with E-state index in [4.69, 9.17) is 11.6 Å². The van der Waals surface area contributed by atoms with Crippen LogP contribution in [-0.4, -0.2) is 34.3 Å². The van der Waals surface area contributed by atoms with Crippen molar-refractivity contribution < 1.29 is 0 Å². The lowest BCUT2D eigenvalue weighted by Crippen LogP contribution is -2.40. The fraction of sp³-hybridized carbons (Fsp3) is 0.615. The summed E-state index contributed by atoms with van der Waals surface area (Å²) in [5.74, 6) is 0. The first-order valence-electron chi connectivity index (χ1n) is 6.23. The zero-order valence-electron chi connectivity index (χ0n) is 9.97. The Morgan fingerprint density at radius 2 is 2.00 bits per heavy atom. The van der Waals surface area contributed by atoms with Crippen LogP contribution in [0.4, 0.5) is 0 Å². The molecule has 2 aliphatic heterocycles. The molecule has 92 valence electrons. The van der Waals surface area contributed by atoms with Crippen molar-refractivity contribution in [1.82, 2.24) is 9.88 Å². The summed E-state index contributed by atoms with van der Waals surface area (Å²) >= 11 is 7.83. The number of hydrogen-bond acceptors (Lipinski definition) is 3. The molecule has 2 nitrogen and oxygen atoms in total. The minimum absolute atomic E-state index is 0.603. The van der Waals surface area contributed by atoms with E-state index in [9.17, 15) is 0 Å². The number of fused-ring (bicyclic) bond motifs is 2. The summed E-state index contributed by atoms with van der Waals surface area (Å²) in [7, 11) is 2.28. The molecule has 0 saturated carbocycles. The molecule has 0 radical (unpaired) electrons. The van der Waals surface area contributed by atoms with Gasteiger partial charge in [0, 0.05) is 17.3 Å². The summed E-state index contributed by atoms with van der Waals surface area (Å²) in [6, 6.07) is 7.48. The van der Waals surface area contributed by atoms with Gasteiger partial charge in [0.1, 0.15) is 5.15 Å². The van der Waals surface area contributed by atoms with Crippen LogP contribution in [0.1, 0.15) is 25.7 Å². The number of thioether (sulfide) groups is 1. The van der Waals surface area contributed by atoms with Crippen LogP contribution in [0.2, 0.25) is 5.15 Å². The minimum Gasteiger partial charge on any atom is -0.300 e. The fourth-order valence-electron chi connectivity index (χ4n) is 3.08. The normalized spacial score (nSPS) is 32.9. The maximum Gasteiger partial charge on any atom is 0.130 e. The van der Waals surface area contributed by atoms with Crippen molar-refractivity contribution in [2.45, 2.75) is 48.0 Å². The van der Waals surface area contributed by atoms with Gasteiger partial charge in [-0.25, -0.2) is 4.98 Å². The lowest BCUT2D eigenvalue weighted by atomic mass is 10.0. The van der Waals surface area contributed by atoms with E-state index in [-0.39, 0.29) is 0 Å². The third-order valence-electron chi connectivity index (χ3n) is 4.03. The second-order valence-electron chi connectivity index (χ2n) is 5.06. The van der Waals surface area contributed by atoms with Gasteiger partial charge in [0.25, 0.3) is 0 Å². The molecule has 0 amide bonds. The highest BCUT2D eigenvalue weighted by atomic mass is 35.5. The topological polar surface area (TPSA) is 16.1 Å². The van der Waals surface area contributed by atoms with E-state index in [0.717, 1.165) is 22.4 Å². The van der Waals surface area contributed by atoms with Gasteiger partial charge in [-0.3, -0.25) is 0 Å². The van der Waals surface area contributed by atoms with E-state index in [1.54, 1.807) is 0 Å². The van der Waals surface area contributed by atoms with Gasteiger partial charge in [0.05, 0.1) is 5.03 Å². The SMILES string of the molecule is CN1[C@H]2CC[C@H]1CC(Sc1cccc(Cl)n1)C2. The van der Waals surface area contributed by atoms with Gasteiger partial charge in [-0.1, -0.05) is 17.7 Å². The number of pyridine rings is 1. The summed E-state index contributed by atoms with van der Waals surface area (Å²) < 4.78 is 0. The van der Waals surface area contributed by atoms with E-state index in [0.29, 0.717) is 5.15 Å². The lowest BCUT2D eigenvalue weighted by Gasteiger charge is -2.35. The molecule has 0 aromatic carbocycles. The van der Waals surface area contributed by atoms with Crippen molar-refractivity contribution in [2.75, 3.05) is 7.05 Å². The number of rotatable bonds is 2. The molecule has 4 heteroatoms. The van der Waals surface area contributed by atoms with Crippen molar-refractivity contribution in [3.05, 3.63) is 23.4 Å². The molecule has 1 aromatic heterocycles. The zero-order valence-corrected chi connectivity index (χ0v) is 11.5. The molecule has 2 atom stereocenters. The highest BCUT2D eigenvalue weighted by molar-refractivity contribution is 7.99. The monoisotopic (exact) mass is 268 g/mol. The summed E-state index contributed by atoms with van der Waals surface area (Å²) in [5.41, 5.74) is 0. The van der Waals surface area contributed by atoms with E-state index >= 15 is 0 Å². The van der Waals surface area contributed by atoms with Crippen molar-refractivity contribution in [1.29, 1.82) is 0 Å². The Bertz CT molecular complexity index is 398. The molecule has 2 aliphatic rings. The predicted octanol–water partition coefficient (Wildman–Crippen LogP) is 3.45. The Balaban J connectivity index is 1.67. The Morgan fingerprint density at radius 3 is 2.65 bits per heavy atom. The molecule has 0 aliphatic carbocycles. The maximum atomic E-state index is 5.92. The summed E-state index contributed by atoms with van der Waals surface area (Å²) in [6.45, 7) is 0. The van der Waals surface area contributed by atoms with Crippen LogP contribution in [0.5, 0.6) is 0 Å². The van der Waals surface area contributed by atoms with Gasteiger partial charge in [-0.05, 0) is 44.9 Å². The summed E-state index contributed by atoms with van der Waals surface area (Å²) in [6.07, 6.45) is 5.35. The Hall–Kier alpha value is -0.250. The smallest absolute Gasteiger partial charge is 0.130 e. The number of aromatic nitrogens is 1. The molecule has 0 spiro atoms. The average Bonchev–Trinajstić information content (AvgIpc) is 2.52. The van der Waals surface area contributed by atoms with Crippen molar-refractivity contribution in [3.8, 4) is 0 Å². The molecule has 2 saturated heterocycles. The third-order valence-corrected chi connectivity index (χ3v) is 5.43. The van der Waals surface area contributed by atoms with Crippen LogP contribution in [0.25, 0.3) is 0 Å². The van der Waals surface area contributed by atoms with Crippen LogP contribution in [0.15, 0.2) is 23.2 Å². The molecule has 1 aromatic rings. The largest absolute Gasteiger partial charge is 0.300 e. The lowest BCUT2D eigenvalue weighted by molar-refractivity contribution is 0.183. The molecular weight excluding hydrogens is 252 g/mol. The van der Waals surface area contributed by atoms with Gasteiger partial charge in [0.2, 0.25) is 0 Å². The first-order chi connectivity index (χ1) is 8.22. The first kappa shape index (κ1) is 11.8. The number of halogens is 1. The average molecular weight is 269 g/mol. The number of hydrogen-bond donors (Lipinski definition) is 0. The highest BCUT2D eigenvalue weighted by Crippen LogP contribution is 2.40. The molecule has 3 heterocycles. The predicted molar refractivity (Wildman–Crippen MR) is 72.7 cm³/mol. The van der Waals surface area contributed by atoms with Crippen LogP contribution in [0, 0.1) is 0 Å². The summed E-state index contributed by atoms with van der Waals surface area (Å²) in [4.78, 5) is 6.94. The molecule has 17 heavy (non-hydrogen) atoms. The van der Waals surface area contributed by atoms with Crippen LogP contribution >= 0.6 is 23.4 Å². The molecule has 0 unspecified atom stereocenters. The van der Waals surface area contributed by atoms with Crippen LogP contribution in [-0.2, 0) is 0 Å². The van der Waals surface area contributed by atoms with Gasteiger partial charge in [-0.2, -0.15) is 0 Å². The van der Waals surface area contributed by atoms with Crippen molar-refractivity contribution in [2.24, 2.45) is 0 Å². The van der Waals surface area contributed by atoms with E-state index in [1.165, 1.54) is 25.7 Å². The second kappa shape index (κ2) is 4.79. The fourth-order valence-corrected chi connectivity index (χ4v) is 4.58. The van der Waals surface area contributed by atoms with E-state index in [1.807, 2.05) is 23.9 Å². The highest BCUT2D eigenvalue weighted by Gasteiger charge is 2.38. The van der Waals surface area contributed by atoms with E-state index < -0.39 is 0 Å². The first-order valence-corrected chi connectivity index (χ1v) is 7.49. The second-order valence-corrected chi connectivity index (χ2v) is 6.77. The Labute approximate surface area is 112 Å². The quantitative estimate of drug-likeness (QED) is 0.765. The van der Waals surface area contributed by atoms with Gasteiger partial charge >= 0.3 is 0 Å². The summed E-state index contributed by atoms with van der Waals surface area (Å²) in [5, 5.41) is 2.40. The van der Waals surface area contributed by atoms with Gasteiger partial charge in [-0.15, -0.1) is 11.8 Å². The van der Waals surface area contributed by atoms with Crippen LogP contribution in [0.3, 0.4) is 0 Å². The van der Waals surface area contributed by atoms with Gasteiger partial charge < -0.3 is 4.90 Å². The Morgan fingerprint density at radius 1 is 1.29 bits per heavy atom. The van der Waals surface area contributed by atoms with Gasteiger partial charge in [0.15, 0.2) is 0 Å². The zero-order chi connectivity index (χ0) is 11.8. The number of nitrogens with zero attached hydrogens (tertiary/aromatic N) is 2. The molecule has 2 fully saturated rings. The van der Waals surface area contributed by atoms with Crippen molar-refractivity contribution >= 4 is 23.4 Å². The van der Waals surface area contributed by atoms with E-state index in [2.05, 4.69) is 23.0 Å². The minimum atomic E-state index is 0.603. The van der Waals surface area contributed by atoms with Crippen LogP contribution < -0.4 is 0 Å². The number of piperidine rings is 1. The molecular formula is C13H17ClN2S.